The zero-order valence-electron chi connectivity index (χ0n) is 29.2. The molecule has 3 heterocycles. The Morgan fingerprint density at radius 2 is 1.85 bits per heavy atom. The van der Waals surface area contributed by atoms with E-state index in [1.165, 1.54) is 36.5 Å². The third-order valence-corrected chi connectivity index (χ3v) is 10.2. The number of nitrogens with two attached hydrogens (primary N) is 1. The van der Waals surface area contributed by atoms with Crippen molar-refractivity contribution in [1.29, 1.82) is 0 Å². The van der Waals surface area contributed by atoms with Gasteiger partial charge in [0.2, 0.25) is 0 Å². The highest BCUT2D eigenvalue weighted by Crippen LogP contribution is 2.51. The van der Waals surface area contributed by atoms with Crippen molar-refractivity contribution in [1.82, 2.24) is 28.9 Å². The topological polar surface area (TPSA) is 168 Å². The largest absolute Gasteiger partial charge is 0.463 e. The van der Waals surface area contributed by atoms with Crippen molar-refractivity contribution in [2.24, 2.45) is 22.1 Å². The maximum absolute atomic E-state index is 15.9. The molecule has 13 nitrogen and oxygen atoms in total. The summed E-state index contributed by atoms with van der Waals surface area (Å²) in [5, 5.41) is 7.61. The van der Waals surface area contributed by atoms with Crippen LogP contribution in [0.4, 0.5) is 22.0 Å². The van der Waals surface area contributed by atoms with Gasteiger partial charge in [-0.25, -0.2) is 45.0 Å². The van der Waals surface area contributed by atoms with Gasteiger partial charge in [0.05, 0.1) is 41.8 Å². The van der Waals surface area contributed by atoms with Crippen LogP contribution in [0.5, 0.6) is 0 Å². The number of amides is 1. The number of halogens is 6. The lowest BCUT2D eigenvalue weighted by Crippen LogP contribution is -2.47. The summed E-state index contributed by atoms with van der Waals surface area (Å²) < 4.78 is 102. The molecule has 54 heavy (non-hydrogen) atoms. The van der Waals surface area contributed by atoms with Gasteiger partial charge >= 0.3 is 5.97 Å². The minimum absolute atomic E-state index is 0.0187. The summed E-state index contributed by atoms with van der Waals surface area (Å²) in [6.07, 6.45) is -0.0115. The SMILES string of the molecule is CC(C)(C)C[C@]1(c2ccc(-c3cnn(S(C)(=O)=O)c3)c(F)c2)N=C(N)N([C@H](COC(=O)CC2CC2(F)F)c2ccc(Cl)c(-n3ncnc3C(F)F)c2)C1=O. The van der Waals surface area contributed by atoms with Crippen LogP contribution in [-0.2, 0) is 29.9 Å². The first-order chi connectivity index (χ1) is 25.1. The normalized spacial score (nSPS) is 20.4. The van der Waals surface area contributed by atoms with E-state index in [0.29, 0.717) is 4.09 Å². The summed E-state index contributed by atoms with van der Waals surface area (Å²) in [7, 11) is -3.76. The predicted octanol–water partition coefficient (Wildman–Crippen LogP) is 5.79. The third-order valence-electron chi connectivity index (χ3n) is 9.00. The first-order valence-corrected chi connectivity index (χ1v) is 18.6. The molecule has 2 N–H and O–H groups in total. The fourth-order valence-electron chi connectivity index (χ4n) is 6.43. The van der Waals surface area contributed by atoms with Crippen LogP contribution < -0.4 is 5.73 Å². The Morgan fingerprint density at radius 1 is 1.15 bits per heavy atom. The second kappa shape index (κ2) is 13.7. The molecule has 1 unspecified atom stereocenters. The summed E-state index contributed by atoms with van der Waals surface area (Å²) >= 11 is 6.41. The maximum Gasteiger partial charge on any atom is 0.306 e. The van der Waals surface area contributed by atoms with Gasteiger partial charge in [-0.15, -0.1) is 0 Å². The van der Waals surface area contributed by atoms with Gasteiger partial charge in [-0.05, 0) is 41.2 Å². The second-order valence-corrected chi connectivity index (χ2v) is 16.7. The first-order valence-electron chi connectivity index (χ1n) is 16.4. The lowest BCUT2D eigenvalue weighted by molar-refractivity contribution is -0.148. The molecule has 288 valence electrons. The number of alkyl halides is 4. The van der Waals surface area contributed by atoms with E-state index in [1.54, 1.807) is 0 Å². The van der Waals surface area contributed by atoms with E-state index in [4.69, 9.17) is 22.1 Å². The number of hydrogen-bond donors (Lipinski definition) is 1. The van der Waals surface area contributed by atoms with Gasteiger partial charge in [-0.3, -0.25) is 14.5 Å². The summed E-state index contributed by atoms with van der Waals surface area (Å²) in [6.45, 7) is 4.82. The van der Waals surface area contributed by atoms with Crippen LogP contribution in [0.15, 0.2) is 60.1 Å². The molecule has 0 radical (unpaired) electrons. The molecule has 1 aliphatic carbocycles. The summed E-state index contributed by atoms with van der Waals surface area (Å²) in [5.74, 6) is -7.90. The fourth-order valence-corrected chi connectivity index (χ4v) is 7.15. The molecular weight excluding hydrogens is 763 g/mol. The van der Waals surface area contributed by atoms with E-state index < -0.39 is 88.3 Å². The summed E-state index contributed by atoms with van der Waals surface area (Å²) in [6, 6.07) is 6.61. The number of aliphatic imine (C=N–C) groups is 1. The van der Waals surface area contributed by atoms with Gasteiger partial charge in [0.25, 0.3) is 28.3 Å². The van der Waals surface area contributed by atoms with Gasteiger partial charge in [0, 0.05) is 23.5 Å². The van der Waals surface area contributed by atoms with E-state index in [2.05, 4.69) is 20.2 Å². The highest BCUT2D eigenvalue weighted by molar-refractivity contribution is 7.89. The van der Waals surface area contributed by atoms with Gasteiger partial charge in [0.15, 0.2) is 17.3 Å². The van der Waals surface area contributed by atoms with Crippen molar-refractivity contribution in [3.63, 3.8) is 0 Å². The molecule has 2 aromatic heterocycles. The van der Waals surface area contributed by atoms with Crippen molar-refractivity contribution in [2.75, 3.05) is 12.9 Å². The average molecular weight is 797 g/mol. The van der Waals surface area contributed by atoms with Crippen LogP contribution in [-0.4, -0.2) is 73.9 Å². The summed E-state index contributed by atoms with van der Waals surface area (Å²) in [4.78, 5) is 36.9. The Balaban J connectivity index is 1.42. The molecule has 3 atom stereocenters. The maximum atomic E-state index is 15.9. The Labute approximate surface area is 311 Å². The number of aromatic nitrogens is 5. The molecular formula is C34H34ClF5N8O5S. The molecule has 1 aliphatic heterocycles. The van der Waals surface area contributed by atoms with E-state index in [1.807, 2.05) is 20.8 Å². The number of hydrogen-bond acceptors (Lipinski definition) is 10. The highest BCUT2D eigenvalue weighted by atomic mass is 35.5. The zero-order valence-corrected chi connectivity index (χ0v) is 30.8. The van der Waals surface area contributed by atoms with Gasteiger partial charge < -0.3 is 10.5 Å². The molecule has 1 fully saturated rings. The zero-order chi connectivity index (χ0) is 39.5. The number of benzene rings is 2. The molecule has 2 aromatic carbocycles. The lowest BCUT2D eigenvalue weighted by atomic mass is 9.75. The number of rotatable bonds is 12. The molecule has 2 aliphatic rings. The summed E-state index contributed by atoms with van der Waals surface area (Å²) in [5.41, 5.74) is 4.28. The molecule has 1 amide bonds. The van der Waals surface area contributed by atoms with E-state index in [-0.39, 0.29) is 45.3 Å². The Hall–Kier alpha value is -4.91. The Morgan fingerprint density at radius 3 is 2.44 bits per heavy atom. The number of carbonyl (C=O) groups is 2. The lowest BCUT2D eigenvalue weighted by Gasteiger charge is -2.35. The van der Waals surface area contributed by atoms with Crippen molar-refractivity contribution in [2.45, 2.75) is 64.0 Å². The smallest absolute Gasteiger partial charge is 0.306 e. The Bertz CT molecular complexity index is 2270. The second-order valence-electron chi connectivity index (χ2n) is 14.4. The van der Waals surface area contributed by atoms with Crippen molar-refractivity contribution in [3.05, 3.63) is 82.9 Å². The third kappa shape index (κ3) is 7.55. The molecule has 0 bridgehead atoms. The van der Waals surface area contributed by atoms with Crippen LogP contribution in [0.3, 0.4) is 0 Å². The monoisotopic (exact) mass is 796 g/mol. The predicted molar refractivity (Wildman–Crippen MR) is 185 cm³/mol. The molecule has 20 heteroatoms. The van der Waals surface area contributed by atoms with Crippen molar-refractivity contribution < 1.29 is 44.7 Å². The van der Waals surface area contributed by atoms with Crippen LogP contribution in [0.2, 0.25) is 5.02 Å². The van der Waals surface area contributed by atoms with Gasteiger partial charge in [-0.2, -0.15) is 14.3 Å². The van der Waals surface area contributed by atoms with E-state index >= 15 is 4.39 Å². The van der Waals surface area contributed by atoms with Crippen molar-refractivity contribution >= 4 is 39.5 Å². The van der Waals surface area contributed by atoms with Gasteiger partial charge in [0.1, 0.15) is 18.8 Å². The standard InChI is InChI=1S/C34H34ClF5N8O5S/c1-32(2,3)16-33(20-6-7-22(24(36)10-20)19-13-43-46(14-19)54(4,51)52)30(50)47(31(41)45-33)26(15-53-27(49)11-21-12-34(21,39)40)18-5-8-23(35)25(9-18)48-29(28(37)38)42-17-44-48/h5-10,13-14,17,21,26,28H,11-12,15-16H2,1-4H3,(H2,41,45)/t21?,26-,33-/m1/s1. The first kappa shape index (κ1) is 38.8. The number of carbonyl (C=O) groups excluding carboxylic acids is 2. The average Bonchev–Trinajstić information content (AvgIpc) is 3.53. The molecule has 0 spiro atoms. The van der Waals surface area contributed by atoms with E-state index in [0.717, 1.165) is 34.4 Å². The minimum atomic E-state index is -3.76. The fraction of sp³-hybridized carbons (Fsp3) is 0.412. The number of guanidine groups is 1. The van der Waals surface area contributed by atoms with Crippen molar-refractivity contribution in [3.8, 4) is 16.8 Å². The van der Waals surface area contributed by atoms with Crippen LogP contribution >= 0.6 is 11.6 Å². The minimum Gasteiger partial charge on any atom is -0.463 e. The molecule has 0 saturated heterocycles. The van der Waals surface area contributed by atoms with Crippen LogP contribution in [0.25, 0.3) is 16.8 Å². The Kier molecular flexibility index (Phi) is 9.87. The van der Waals surface area contributed by atoms with E-state index in [9.17, 15) is 35.6 Å². The van der Waals surface area contributed by atoms with Crippen LogP contribution in [0.1, 0.15) is 69.5 Å². The molecule has 1 saturated carbocycles. The highest BCUT2D eigenvalue weighted by Gasteiger charge is 2.58. The number of nitrogens with zero attached hydrogens (tertiary/aromatic N) is 7. The number of esters is 1. The van der Waals surface area contributed by atoms with Gasteiger partial charge in [-0.1, -0.05) is 50.6 Å². The molecule has 4 aromatic rings. The van der Waals surface area contributed by atoms with Crippen LogP contribution in [0, 0.1) is 17.2 Å². The molecule has 6 rings (SSSR count). The quantitative estimate of drug-likeness (QED) is 0.138. The number of ether oxygens (including phenoxy) is 1.